The molecule has 5 rings (SSSR count). The highest BCUT2D eigenvalue weighted by Gasteiger charge is 2.05. The lowest BCUT2D eigenvalue weighted by Crippen LogP contribution is -1.94. The van der Waals surface area contributed by atoms with Gasteiger partial charge in [-0.1, -0.05) is 11.6 Å². The molecule has 0 amide bonds. The van der Waals surface area contributed by atoms with Crippen molar-refractivity contribution in [2.24, 2.45) is 7.05 Å². The Morgan fingerprint density at radius 1 is 0.793 bits per heavy atom. The van der Waals surface area contributed by atoms with Gasteiger partial charge in [-0.05, 0) is 24.3 Å². The number of nitrogens with two attached hydrogens (primary N) is 2. The molecule has 0 fully saturated rings. The summed E-state index contributed by atoms with van der Waals surface area (Å²) < 4.78 is 1.72. The van der Waals surface area contributed by atoms with E-state index in [1.807, 2.05) is 13.2 Å². The minimum atomic E-state index is 0.320. The summed E-state index contributed by atoms with van der Waals surface area (Å²) in [5.41, 5.74) is 15.2. The Balaban J connectivity index is 0.000000150. The molecular weight excluding hydrogens is 392 g/mol. The normalized spacial score (nSPS) is 10.7. The fourth-order valence-corrected chi connectivity index (χ4v) is 2.63. The number of nitrogens with zero attached hydrogens (tertiary/aromatic N) is 8. The number of halogens is 1. The zero-order valence-corrected chi connectivity index (χ0v) is 16.0. The maximum atomic E-state index is 5.62. The van der Waals surface area contributed by atoms with Gasteiger partial charge in [-0.2, -0.15) is 5.10 Å². The zero-order chi connectivity index (χ0) is 20.4. The lowest BCUT2D eigenvalue weighted by atomic mass is 10.2. The Morgan fingerprint density at radius 3 is 2.03 bits per heavy atom. The van der Waals surface area contributed by atoms with Crippen molar-refractivity contribution in [2.45, 2.75) is 0 Å². The van der Waals surface area contributed by atoms with Gasteiger partial charge in [0.05, 0.1) is 24.3 Å². The summed E-state index contributed by atoms with van der Waals surface area (Å²) in [6, 6.07) is 6.93. The van der Waals surface area contributed by atoms with Gasteiger partial charge in [0.15, 0.2) is 11.3 Å². The van der Waals surface area contributed by atoms with Gasteiger partial charge in [0.1, 0.15) is 27.8 Å². The largest absolute Gasteiger partial charge is 0.384 e. The van der Waals surface area contributed by atoms with Gasteiger partial charge in [0.25, 0.3) is 0 Å². The summed E-state index contributed by atoms with van der Waals surface area (Å²) in [5.74, 6) is 0.856. The van der Waals surface area contributed by atoms with Gasteiger partial charge < -0.3 is 11.5 Å². The molecule has 0 saturated carbocycles. The fraction of sp³-hybridized carbons (Fsp3) is 0.0556. The molecule has 0 atom stereocenters. The van der Waals surface area contributed by atoms with Crippen LogP contribution in [0.5, 0.6) is 0 Å². The monoisotopic (exact) mass is 406 g/mol. The van der Waals surface area contributed by atoms with E-state index >= 15 is 0 Å². The Labute approximate surface area is 169 Å². The van der Waals surface area contributed by atoms with Crippen molar-refractivity contribution in [3.63, 3.8) is 0 Å². The van der Waals surface area contributed by atoms with Crippen LogP contribution in [0.1, 0.15) is 0 Å². The molecule has 11 heteroatoms. The third-order valence-corrected chi connectivity index (χ3v) is 4.01. The lowest BCUT2D eigenvalue weighted by molar-refractivity contribution is 0.768. The highest BCUT2D eigenvalue weighted by atomic mass is 35.5. The smallest absolute Gasteiger partial charge is 0.181 e. The molecule has 0 spiro atoms. The number of aromatic nitrogens is 8. The molecule has 0 aliphatic carbocycles. The van der Waals surface area contributed by atoms with Gasteiger partial charge in [0.2, 0.25) is 0 Å². The Morgan fingerprint density at radius 2 is 1.41 bits per heavy atom. The minimum absolute atomic E-state index is 0.320. The number of pyridine rings is 2. The zero-order valence-electron chi connectivity index (χ0n) is 15.2. The predicted octanol–water partition coefficient (Wildman–Crippen LogP) is 2.27. The van der Waals surface area contributed by atoms with E-state index in [2.05, 4.69) is 35.0 Å². The van der Waals surface area contributed by atoms with Crippen molar-refractivity contribution >= 4 is 45.6 Å². The summed E-state index contributed by atoms with van der Waals surface area (Å²) >= 11 is 5.62. The van der Waals surface area contributed by atoms with Gasteiger partial charge in [-0.3, -0.25) is 9.67 Å². The van der Waals surface area contributed by atoms with Crippen LogP contribution in [0.3, 0.4) is 0 Å². The molecule has 0 saturated heterocycles. The minimum Gasteiger partial charge on any atom is -0.384 e. The Hall–Kier alpha value is -3.92. The molecule has 0 radical (unpaired) electrons. The van der Waals surface area contributed by atoms with E-state index in [1.54, 1.807) is 41.3 Å². The summed E-state index contributed by atoms with van der Waals surface area (Å²) in [6.07, 6.45) is 6.79. The van der Waals surface area contributed by atoms with E-state index in [1.165, 1.54) is 6.20 Å². The first-order valence-corrected chi connectivity index (χ1v) is 8.79. The second-order valence-corrected chi connectivity index (χ2v) is 6.40. The lowest BCUT2D eigenvalue weighted by Gasteiger charge is -1.99. The molecule has 5 heterocycles. The molecule has 5 aromatic heterocycles. The Bertz CT molecular complexity index is 1280. The molecule has 10 nitrogen and oxygen atoms in total. The second-order valence-electron chi connectivity index (χ2n) is 6.01. The number of fused-ring (bicyclic) bond motifs is 2. The third kappa shape index (κ3) is 4.17. The quantitative estimate of drug-likeness (QED) is 0.427. The summed E-state index contributed by atoms with van der Waals surface area (Å²) in [4.78, 5) is 24.8. The highest BCUT2D eigenvalue weighted by molar-refractivity contribution is 6.29. The Kier molecular flexibility index (Phi) is 4.83. The molecule has 0 aliphatic rings. The van der Waals surface area contributed by atoms with Crippen molar-refractivity contribution in [2.75, 3.05) is 11.5 Å². The molecule has 0 bridgehead atoms. The van der Waals surface area contributed by atoms with E-state index in [4.69, 9.17) is 23.1 Å². The maximum Gasteiger partial charge on any atom is 0.181 e. The van der Waals surface area contributed by atoms with Gasteiger partial charge >= 0.3 is 0 Å². The van der Waals surface area contributed by atoms with Crippen LogP contribution < -0.4 is 11.5 Å². The van der Waals surface area contributed by atoms with E-state index in [0.717, 1.165) is 16.8 Å². The van der Waals surface area contributed by atoms with Crippen LogP contribution in [0.4, 0.5) is 11.6 Å². The standard InChI is InChI=1S/C11H10N6.C7H5ClN4/c1-17-6-7(4-14-17)9-5-13-8-2-3-10(12)16-11(8)15-9;8-5-3-10-4-1-2-6(9)12-7(4)11-5/h2-6H,1H3,(H2,12,15,16);1-3H,(H2,9,11,12). The van der Waals surface area contributed by atoms with Crippen LogP contribution in [-0.2, 0) is 7.05 Å². The van der Waals surface area contributed by atoms with Gasteiger partial charge in [-0.25, -0.2) is 24.9 Å². The molecule has 29 heavy (non-hydrogen) atoms. The molecule has 0 aliphatic heterocycles. The van der Waals surface area contributed by atoms with Crippen LogP contribution in [0.2, 0.25) is 5.15 Å². The molecule has 5 aromatic rings. The van der Waals surface area contributed by atoms with E-state index < -0.39 is 0 Å². The van der Waals surface area contributed by atoms with Crippen LogP contribution in [0.15, 0.2) is 49.1 Å². The summed E-state index contributed by atoms with van der Waals surface area (Å²) in [5, 5.41) is 4.41. The van der Waals surface area contributed by atoms with E-state index in [9.17, 15) is 0 Å². The summed E-state index contributed by atoms with van der Waals surface area (Å²) in [7, 11) is 1.86. The average molecular weight is 407 g/mol. The summed E-state index contributed by atoms with van der Waals surface area (Å²) in [6.45, 7) is 0. The molecule has 4 N–H and O–H groups in total. The first-order valence-electron chi connectivity index (χ1n) is 8.41. The number of rotatable bonds is 1. The number of hydrogen-bond donors (Lipinski definition) is 2. The van der Waals surface area contributed by atoms with Gasteiger partial charge in [0, 0.05) is 18.8 Å². The van der Waals surface area contributed by atoms with Crippen molar-refractivity contribution in [1.29, 1.82) is 0 Å². The SMILES string of the molecule is Cn1cc(-c2cnc3ccc(N)nc3n2)cn1.Nc1ccc2ncc(Cl)nc2n1. The van der Waals surface area contributed by atoms with Crippen LogP contribution in [-0.4, -0.2) is 39.7 Å². The molecule has 144 valence electrons. The van der Waals surface area contributed by atoms with Crippen molar-refractivity contribution in [3.8, 4) is 11.3 Å². The first kappa shape index (κ1) is 18.4. The molecule has 0 unspecified atom stereocenters. The average Bonchev–Trinajstić information content (AvgIpc) is 3.14. The van der Waals surface area contributed by atoms with Gasteiger partial charge in [-0.15, -0.1) is 0 Å². The first-order chi connectivity index (χ1) is 14.0. The van der Waals surface area contributed by atoms with E-state index in [-0.39, 0.29) is 0 Å². The number of hydrogen-bond acceptors (Lipinski definition) is 9. The van der Waals surface area contributed by atoms with Crippen molar-refractivity contribution in [1.82, 2.24) is 39.7 Å². The third-order valence-electron chi connectivity index (χ3n) is 3.83. The van der Waals surface area contributed by atoms with Crippen molar-refractivity contribution < 1.29 is 0 Å². The second kappa shape index (κ2) is 7.60. The van der Waals surface area contributed by atoms with Crippen molar-refractivity contribution in [3.05, 3.63) is 54.2 Å². The molecule has 0 aromatic carbocycles. The number of aryl methyl sites for hydroxylation is 1. The van der Waals surface area contributed by atoms with Crippen LogP contribution >= 0.6 is 11.6 Å². The number of anilines is 2. The van der Waals surface area contributed by atoms with E-state index in [0.29, 0.717) is 33.6 Å². The topological polar surface area (TPSA) is 147 Å². The fourth-order valence-electron chi connectivity index (χ4n) is 2.50. The maximum absolute atomic E-state index is 5.62. The molecular formula is C18H15ClN10. The predicted molar refractivity (Wildman–Crippen MR) is 111 cm³/mol. The highest BCUT2D eigenvalue weighted by Crippen LogP contribution is 2.17. The van der Waals surface area contributed by atoms with Crippen LogP contribution in [0.25, 0.3) is 33.6 Å². The number of nitrogen functional groups attached to an aromatic ring is 2. The van der Waals surface area contributed by atoms with Crippen LogP contribution in [0, 0.1) is 0 Å².